The Kier molecular flexibility index (Phi) is 4.31. The number of halogens is 2. The van der Waals surface area contributed by atoms with Crippen molar-refractivity contribution >= 4 is 15.9 Å². The van der Waals surface area contributed by atoms with Crippen LogP contribution in [0.3, 0.4) is 0 Å². The molecule has 1 aromatic heterocycles. The number of aromatic nitrogens is 3. The highest BCUT2D eigenvalue weighted by Gasteiger charge is 2.16. The van der Waals surface area contributed by atoms with E-state index in [1.807, 2.05) is 20.8 Å². The SMILES string of the molecule is CCNC(C)c1nnn(-c2ccc(F)cc2Br)c1C. The minimum atomic E-state index is -0.283. The van der Waals surface area contributed by atoms with Crippen molar-refractivity contribution in [3.8, 4) is 5.69 Å². The minimum Gasteiger partial charge on any atom is -0.309 e. The number of hydrogen-bond acceptors (Lipinski definition) is 3. The first kappa shape index (κ1) is 14.1. The zero-order valence-electron chi connectivity index (χ0n) is 11.1. The molecule has 102 valence electrons. The molecule has 6 heteroatoms. The average molecular weight is 327 g/mol. The van der Waals surface area contributed by atoms with E-state index in [-0.39, 0.29) is 11.9 Å². The lowest BCUT2D eigenvalue weighted by Crippen LogP contribution is -2.19. The van der Waals surface area contributed by atoms with E-state index in [1.165, 1.54) is 12.1 Å². The Labute approximate surface area is 120 Å². The third kappa shape index (κ3) is 2.84. The molecule has 4 nitrogen and oxygen atoms in total. The van der Waals surface area contributed by atoms with Crippen LogP contribution in [0.15, 0.2) is 22.7 Å². The van der Waals surface area contributed by atoms with Crippen molar-refractivity contribution in [3.05, 3.63) is 39.9 Å². The molecule has 1 unspecified atom stereocenters. The molecule has 0 fully saturated rings. The Bertz CT molecular complexity index is 582. The van der Waals surface area contributed by atoms with Crippen molar-refractivity contribution in [1.82, 2.24) is 20.3 Å². The molecular formula is C13H16BrFN4. The van der Waals surface area contributed by atoms with Crippen molar-refractivity contribution in [2.45, 2.75) is 26.8 Å². The molecule has 0 spiro atoms. The van der Waals surface area contributed by atoms with E-state index in [1.54, 1.807) is 10.7 Å². The van der Waals surface area contributed by atoms with Gasteiger partial charge in [0.15, 0.2) is 0 Å². The van der Waals surface area contributed by atoms with E-state index in [2.05, 4.69) is 31.6 Å². The van der Waals surface area contributed by atoms with E-state index < -0.39 is 0 Å². The van der Waals surface area contributed by atoms with Gasteiger partial charge in [-0.1, -0.05) is 12.1 Å². The predicted molar refractivity (Wildman–Crippen MR) is 75.8 cm³/mol. The van der Waals surface area contributed by atoms with Crippen LogP contribution in [0.1, 0.15) is 31.3 Å². The minimum absolute atomic E-state index is 0.137. The molecule has 0 radical (unpaired) electrons. The summed E-state index contributed by atoms with van der Waals surface area (Å²) >= 11 is 3.35. The second kappa shape index (κ2) is 5.79. The summed E-state index contributed by atoms with van der Waals surface area (Å²) in [6, 6.07) is 4.65. The van der Waals surface area contributed by atoms with Crippen LogP contribution in [0.2, 0.25) is 0 Å². The largest absolute Gasteiger partial charge is 0.309 e. The second-order valence-corrected chi connectivity index (χ2v) is 5.20. The molecule has 1 heterocycles. The second-order valence-electron chi connectivity index (χ2n) is 4.35. The normalized spacial score (nSPS) is 12.7. The molecule has 0 amide bonds. The lowest BCUT2D eigenvalue weighted by molar-refractivity contribution is 0.579. The molecule has 2 aromatic rings. The van der Waals surface area contributed by atoms with Gasteiger partial charge in [0.1, 0.15) is 11.5 Å². The fraction of sp³-hybridized carbons (Fsp3) is 0.385. The zero-order valence-corrected chi connectivity index (χ0v) is 12.7. The van der Waals surface area contributed by atoms with Crippen molar-refractivity contribution in [1.29, 1.82) is 0 Å². The van der Waals surface area contributed by atoms with Crippen molar-refractivity contribution in [2.24, 2.45) is 0 Å². The van der Waals surface area contributed by atoms with Crippen molar-refractivity contribution in [3.63, 3.8) is 0 Å². The standard InChI is InChI=1S/C13H16BrFN4/c1-4-16-8(2)13-9(3)19(18-17-13)12-6-5-10(15)7-11(12)14/h5-8,16H,4H2,1-3H3. The van der Waals surface area contributed by atoms with Crippen LogP contribution in [-0.2, 0) is 0 Å². The van der Waals surface area contributed by atoms with Crippen LogP contribution in [0.5, 0.6) is 0 Å². The van der Waals surface area contributed by atoms with E-state index in [0.29, 0.717) is 4.47 Å². The van der Waals surface area contributed by atoms with Gasteiger partial charge in [0, 0.05) is 4.47 Å². The van der Waals surface area contributed by atoms with Gasteiger partial charge in [-0.2, -0.15) is 0 Å². The quantitative estimate of drug-likeness (QED) is 0.938. The molecule has 2 rings (SSSR count). The molecule has 1 aromatic carbocycles. The highest BCUT2D eigenvalue weighted by molar-refractivity contribution is 9.10. The number of hydrogen-bond donors (Lipinski definition) is 1. The predicted octanol–water partition coefficient (Wildman–Crippen LogP) is 3.15. The molecule has 0 aliphatic rings. The molecule has 19 heavy (non-hydrogen) atoms. The van der Waals surface area contributed by atoms with Gasteiger partial charge in [0.25, 0.3) is 0 Å². The zero-order chi connectivity index (χ0) is 14.0. The van der Waals surface area contributed by atoms with Gasteiger partial charge in [0.2, 0.25) is 0 Å². The van der Waals surface area contributed by atoms with Crippen LogP contribution < -0.4 is 5.32 Å². The summed E-state index contributed by atoms with van der Waals surface area (Å²) in [7, 11) is 0. The van der Waals surface area contributed by atoms with E-state index in [0.717, 1.165) is 23.6 Å². The van der Waals surface area contributed by atoms with Gasteiger partial charge in [0.05, 0.1) is 17.4 Å². The van der Waals surface area contributed by atoms with Gasteiger partial charge in [-0.3, -0.25) is 0 Å². The molecule has 0 aliphatic heterocycles. The maximum absolute atomic E-state index is 13.1. The third-order valence-electron chi connectivity index (χ3n) is 2.99. The maximum Gasteiger partial charge on any atom is 0.124 e. The Balaban J connectivity index is 2.41. The summed E-state index contributed by atoms with van der Waals surface area (Å²) in [5.41, 5.74) is 2.63. The first-order chi connectivity index (χ1) is 9.04. The number of nitrogens with one attached hydrogen (secondary N) is 1. The molecule has 0 saturated heterocycles. The van der Waals surface area contributed by atoms with E-state index in [4.69, 9.17) is 0 Å². The van der Waals surface area contributed by atoms with Crippen LogP contribution in [0.25, 0.3) is 5.69 Å². The fourth-order valence-corrected chi connectivity index (χ4v) is 2.54. The van der Waals surface area contributed by atoms with Crippen LogP contribution in [-0.4, -0.2) is 21.5 Å². The van der Waals surface area contributed by atoms with Crippen molar-refractivity contribution < 1.29 is 4.39 Å². The number of benzene rings is 1. The topological polar surface area (TPSA) is 42.7 Å². The van der Waals surface area contributed by atoms with Gasteiger partial charge < -0.3 is 5.32 Å². The highest BCUT2D eigenvalue weighted by atomic mass is 79.9. The lowest BCUT2D eigenvalue weighted by Gasteiger charge is -2.11. The van der Waals surface area contributed by atoms with Crippen molar-refractivity contribution in [2.75, 3.05) is 6.54 Å². The monoisotopic (exact) mass is 326 g/mol. The molecule has 1 atom stereocenters. The van der Waals surface area contributed by atoms with Crippen LogP contribution in [0.4, 0.5) is 4.39 Å². The van der Waals surface area contributed by atoms with Gasteiger partial charge in [-0.15, -0.1) is 5.10 Å². The highest BCUT2D eigenvalue weighted by Crippen LogP contribution is 2.24. The van der Waals surface area contributed by atoms with Crippen LogP contribution >= 0.6 is 15.9 Å². The van der Waals surface area contributed by atoms with Gasteiger partial charge in [-0.25, -0.2) is 9.07 Å². The molecule has 1 N–H and O–H groups in total. The fourth-order valence-electron chi connectivity index (χ4n) is 2.03. The summed E-state index contributed by atoms with van der Waals surface area (Å²) in [5, 5.41) is 11.7. The average Bonchev–Trinajstić information content (AvgIpc) is 2.72. The number of nitrogens with zero attached hydrogens (tertiary/aromatic N) is 3. The number of rotatable bonds is 4. The third-order valence-corrected chi connectivity index (χ3v) is 3.62. The maximum atomic E-state index is 13.1. The van der Waals surface area contributed by atoms with Gasteiger partial charge in [-0.05, 0) is 54.5 Å². The van der Waals surface area contributed by atoms with Crippen LogP contribution in [0, 0.1) is 12.7 Å². The lowest BCUT2D eigenvalue weighted by atomic mass is 10.2. The van der Waals surface area contributed by atoms with E-state index >= 15 is 0 Å². The Hall–Kier alpha value is -1.27. The first-order valence-corrected chi connectivity index (χ1v) is 6.95. The Morgan fingerprint density at radius 2 is 2.21 bits per heavy atom. The Morgan fingerprint density at radius 3 is 2.84 bits per heavy atom. The summed E-state index contributed by atoms with van der Waals surface area (Å²) in [6.45, 7) is 6.92. The summed E-state index contributed by atoms with van der Waals surface area (Å²) in [4.78, 5) is 0. The molecule has 0 saturated carbocycles. The van der Waals surface area contributed by atoms with Gasteiger partial charge >= 0.3 is 0 Å². The first-order valence-electron chi connectivity index (χ1n) is 6.15. The Morgan fingerprint density at radius 1 is 1.47 bits per heavy atom. The molecular weight excluding hydrogens is 311 g/mol. The smallest absolute Gasteiger partial charge is 0.124 e. The summed E-state index contributed by atoms with van der Waals surface area (Å²) < 4.78 is 15.5. The van der Waals surface area contributed by atoms with E-state index in [9.17, 15) is 4.39 Å². The molecule has 0 bridgehead atoms. The summed E-state index contributed by atoms with van der Waals surface area (Å²) in [6.07, 6.45) is 0. The summed E-state index contributed by atoms with van der Waals surface area (Å²) in [5.74, 6) is -0.283. The molecule has 0 aliphatic carbocycles.